The van der Waals surface area contributed by atoms with E-state index in [0.717, 1.165) is 6.42 Å². The van der Waals surface area contributed by atoms with Crippen LogP contribution >= 0.6 is 0 Å². The summed E-state index contributed by atoms with van der Waals surface area (Å²) in [5.41, 5.74) is 0. The van der Waals surface area contributed by atoms with Crippen LogP contribution in [0.1, 0.15) is 68.7 Å². The predicted molar refractivity (Wildman–Crippen MR) is 148 cm³/mol. The van der Waals surface area contributed by atoms with Crippen molar-refractivity contribution in [2.24, 2.45) is 0 Å². The van der Waals surface area contributed by atoms with Crippen LogP contribution in [0.15, 0.2) is 97.6 Å². The zero-order valence-corrected chi connectivity index (χ0v) is 22.5. The molecule has 0 radical (unpaired) electrons. The number of rotatable bonds is 2. The van der Waals surface area contributed by atoms with Crippen molar-refractivity contribution in [1.29, 1.82) is 0 Å². The fourth-order valence-corrected chi connectivity index (χ4v) is 1.00. The molecule has 0 atom stereocenters. The molecule has 0 saturated carbocycles. The molecule has 0 bridgehead atoms. The molecule has 0 saturated heterocycles. The van der Waals surface area contributed by atoms with Crippen molar-refractivity contribution in [1.82, 2.24) is 4.90 Å². The van der Waals surface area contributed by atoms with Crippen molar-refractivity contribution in [3.63, 3.8) is 0 Å². The molecule has 0 unspecified atom stereocenters. The van der Waals surface area contributed by atoms with Gasteiger partial charge in [-0.1, -0.05) is 146 Å². The van der Waals surface area contributed by atoms with Gasteiger partial charge in [-0.05, 0) is 34.5 Å². The average Bonchev–Trinajstić information content (AvgIpc) is 2.85. The summed E-state index contributed by atoms with van der Waals surface area (Å²) < 4.78 is 0. The lowest BCUT2D eigenvalue weighted by Gasteiger charge is -1.90. The predicted octanol–water partition coefficient (Wildman–Crippen LogP) is 9.79. The van der Waals surface area contributed by atoms with Crippen LogP contribution in [-0.2, 0) is 0 Å². The van der Waals surface area contributed by atoms with Crippen LogP contribution in [0.5, 0.6) is 0 Å². The quantitative estimate of drug-likeness (QED) is 0.439. The zero-order valence-electron chi connectivity index (χ0n) is 22.5. The van der Waals surface area contributed by atoms with Gasteiger partial charge in [-0.15, -0.1) is 6.58 Å². The van der Waals surface area contributed by atoms with Crippen molar-refractivity contribution < 1.29 is 0 Å². The van der Waals surface area contributed by atoms with E-state index >= 15 is 0 Å². The minimum atomic E-state index is 0.997. The average molecular weight is 418 g/mol. The summed E-state index contributed by atoms with van der Waals surface area (Å²) >= 11 is 0. The topological polar surface area (TPSA) is 3.24 Å². The van der Waals surface area contributed by atoms with Gasteiger partial charge in [0.2, 0.25) is 0 Å². The van der Waals surface area contributed by atoms with Gasteiger partial charge in [-0.25, -0.2) is 0 Å². The van der Waals surface area contributed by atoms with Gasteiger partial charge in [0.1, 0.15) is 0 Å². The Balaban J connectivity index is -0.0000000580. The van der Waals surface area contributed by atoms with E-state index in [1.54, 1.807) is 0 Å². The Morgan fingerprint density at radius 3 is 0.767 bits per heavy atom. The summed E-state index contributed by atoms with van der Waals surface area (Å²) in [6.07, 6.45) is 6.95. The van der Waals surface area contributed by atoms with Crippen molar-refractivity contribution >= 4 is 0 Å². The van der Waals surface area contributed by atoms with E-state index in [9.17, 15) is 0 Å². The summed E-state index contributed by atoms with van der Waals surface area (Å²) in [5, 5.41) is 0. The first kappa shape index (κ1) is 42.1. The third-order valence-electron chi connectivity index (χ3n) is 1.87. The summed E-state index contributed by atoms with van der Waals surface area (Å²) in [6, 6.07) is 24.0. The zero-order chi connectivity index (χ0) is 24.9. The van der Waals surface area contributed by atoms with Crippen LogP contribution < -0.4 is 0 Å². The van der Waals surface area contributed by atoms with Crippen LogP contribution in [0.2, 0.25) is 0 Å². The summed E-state index contributed by atoms with van der Waals surface area (Å²) in [7, 11) is 6.00. The molecule has 0 spiro atoms. The second-order valence-electron chi connectivity index (χ2n) is 4.74. The highest BCUT2D eigenvalue weighted by Gasteiger charge is 1.59. The van der Waals surface area contributed by atoms with Gasteiger partial charge in [0.15, 0.2) is 0 Å². The highest BCUT2D eigenvalue weighted by atomic mass is 15.0. The van der Waals surface area contributed by atoms with Crippen molar-refractivity contribution in [3.05, 3.63) is 97.6 Å². The van der Waals surface area contributed by atoms with Crippen molar-refractivity contribution in [2.75, 3.05) is 21.1 Å². The van der Waals surface area contributed by atoms with Crippen LogP contribution in [-0.4, -0.2) is 26.0 Å². The maximum Gasteiger partial charge on any atom is -0.0140 e. The van der Waals surface area contributed by atoms with Gasteiger partial charge in [0.05, 0.1) is 0 Å². The lowest BCUT2D eigenvalue weighted by atomic mass is 10.4. The highest BCUT2D eigenvalue weighted by molar-refractivity contribution is 4.99. The summed E-state index contributed by atoms with van der Waals surface area (Å²) in [4.78, 5) is 2.00. The van der Waals surface area contributed by atoms with Crippen LogP contribution in [0.4, 0.5) is 0 Å². The third kappa shape index (κ3) is 96.6. The smallest absolute Gasteiger partial charge is 0.0140 e. The molecule has 0 aromatic heterocycles. The molecule has 0 amide bonds. The molecular weight excluding hydrogens is 362 g/mol. The third-order valence-corrected chi connectivity index (χ3v) is 1.87. The molecule has 0 N–H and O–H groups in total. The molecular formula is C29H55N. The SMILES string of the molecule is C=CCC=CC.CC.CC.CC.CC.CN(C)C.c1ccccc1.c1ccccc1. The standard InChI is InChI=1S/2C6H6.C6H10.C3H9N.4C2H6/c2*1-2-4-6-5-3-1;1-3-5-6-4-2;1-4(2)3;4*1-2/h2*1-6H;3-4,6H,1,5H2,2H3;1-3H3;4*1-2H3. The van der Waals surface area contributed by atoms with Crippen molar-refractivity contribution in [2.45, 2.75) is 68.7 Å². The Labute approximate surface area is 192 Å². The van der Waals surface area contributed by atoms with Crippen molar-refractivity contribution in [3.8, 4) is 0 Å². The number of hydrogen-bond donors (Lipinski definition) is 0. The first-order valence-corrected chi connectivity index (χ1v) is 11.5. The molecule has 2 aromatic carbocycles. The molecule has 0 aliphatic carbocycles. The molecule has 0 heterocycles. The Bertz CT molecular complexity index is 331. The van der Waals surface area contributed by atoms with E-state index in [1.807, 2.05) is 173 Å². The summed E-state index contributed by atoms with van der Waals surface area (Å²) in [5.74, 6) is 0. The molecule has 30 heavy (non-hydrogen) atoms. The monoisotopic (exact) mass is 417 g/mol. The maximum atomic E-state index is 3.55. The number of benzene rings is 2. The second-order valence-corrected chi connectivity index (χ2v) is 4.74. The van der Waals surface area contributed by atoms with Gasteiger partial charge in [-0.3, -0.25) is 0 Å². The number of nitrogens with zero attached hydrogens (tertiary/aromatic N) is 1. The molecule has 176 valence electrons. The molecule has 0 aliphatic heterocycles. The highest BCUT2D eigenvalue weighted by Crippen LogP contribution is 1.80. The minimum Gasteiger partial charge on any atom is -0.312 e. The first-order valence-electron chi connectivity index (χ1n) is 11.5. The first-order chi connectivity index (χ1) is 14.6. The van der Waals surface area contributed by atoms with E-state index in [1.165, 1.54) is 0 Å². The number of hydrogen-bond acceptors (Lipinski definition) is 1. The lowest BCUT2D eigenvalue weighted by molar-refractivity contribution is 0.505. The molecule has 1 heteroatoms. The Kier molecular flexibility index (Phi) is 88.6. The molecule has 1 nitrogen and oxygen atoms in total. The minimum absolute atomic E-state index is 0.997. The van der Waals surface area contributed by atoms with E-state index in [-0.39, 0.29) is 0 Å². The fourth-order valence-electron chi connectivity index (χ4n) is 1.00. The largest absolute Gasteiger partial charge is 0.312 e. The van der Waals surface area contributed by atoms with Gasteiger partial charge in [0.25, 0.3) is 0 Å². The second kappa shape index (κ2) is 63.2. The van der Waals surface area contributed by atoms with E-state index < -0.39 is 0 Å². The van der Waals surface area contributed by atoms with Crippen LogP contribution in [0.25, 0.3) is 0 Å². The molecule has 0 aliphatic rings. The van der Waals surface area contributed by atoms with Crippen LogP contribution in [0, 0.1) is 0 Å². The molecule has 0 fully saturated rings. The Morgan fingerprint density at radius 2 is 0.700 bits per heavy atom. The molecule has 2 aromatic rings. The number of allylic oxidation sites excluding steroid dienone is 3. The Hall–Kier alpha value is -2.12. The Morgan fingerprint density at radius 1 is 0.533 bits per heavy atom. The lowest BCUT2D eigenvalue weighted by Crippen LogP contribution is -1.99. The normalized spacial score (nSPS) is 7.10. The van der Waals surface area contributed by atoms with E-state index in [0.29, 0.717) is 0 Å². The van der Waals surface area contributed by atoms with Gasteiger partial charge in [0, 0.05) is 0 Å². The van der Waals surface area contributed by atoms with Gasteiger partial charge in [-0.2, -0.15) is 0 Å². The summed E-state index contributed by atoms with van der Waals surface area (Å²) in [6.45, 7) is 21.6. The van der Waals surface area contributed by atoms with Crippen LogP contribution in [0.3, 0.4) is 0 Å². The fraction of sp³-hybridized carbons (Fsp3) is 0.448. The van der Waals surface area contributed by atoms with Gasteiger partial charge >= 0.3 is 0 Å². The maximum absolute atomic E-state index is 3.55. The molecule has 2 rings (SSSR count). The van der Waals surface area contributed by atoms with E-state index in [4.69, 9.17) is 0 Å². The van der Waals surface area contributed by atoms with E-state index in [2.05, 4.69) is 12.7 Å². The van der Waals surface area contributed by atoms with Gasteiger partial charge < -0.3 is 4.90 Å².